The number of nitrogens with zero attached hydrogens (tertiary/aromatic N) is 4. The number of aromatic nitrogens is 3. The molecule has 4 N–H and O–H groups in total. The van der Waals surface area contributed by atoms with Crippen LogP contribution < -0.4 is 11.1 Å². The normalized spacial score (nSPS) is 15.5. The molecule has 5 rings (SSSR count). The molecule has 0 bridgehead atoms. The van der Waals surface area contributed by atoms with Crippen LogP contribution in [-0.2, 0) is 11.4 Å². The number of fused-ring (bicyclic) bond motifs is 1. The van der Waals surface area contributed by atoms with E-state index in [1.54, 1.807) is 23.2 Å². The SMILES string of the molecule is C=CC(=O)N1CCCC(n2nc(-c3ccc(NC(=O)c4ccccc4)cc3)c3c(N)ncc(CO)c32)C1. The van der Waals surface area contributed by atoms with Crippen molar-refractivity contribution < 1.29 is 14.7 Å². The van der Waals surface area contributed by atoms with Crippen molar-refractivity contribution in [1.82, 2.24) is 19.7 Å². The van der Waals surface area contributed by atoms with E-state index in [1.165, 1.54) is 6.08 Å². The number of anilines is 2. The Balaban J connectivity index is 1.52. The highest BCUT2D eigenvalue weighted by atomic mass is 16.3. The lowest BCUT2D eigenvalue weighted by Gasteiger charge is -2.32. The summed E-state index contributed by atoms with van der Waals surface area (Å²) in [5, 5.41) is 18.6. The van der Waals surface area contributed by atoms with Gasteiger partial charge in [-0.05, 0) is 43.2 Å². The Bertz CT molecular complexity index is 1460. The fourth-order valence-corrected chi connectivity index (χ4v) is 4.83. The molecule has 4 aromatic rings. The smallest absolute Gasteiger partial charge is 0.255 e. The summed E-state index contributed by atoms with van der Waals surface area (Å²) in [7, 11) is 0. The Morgan fingerprint density at radius 2 is 1.92 bits per heavy atom. The number of carbonyl (C=O) groups excluding carboxylic acids is 2. The first-order valence-electron chi connectivity index (χ1n) is 12.1. The van der Waals surface area contributed by atoms with E-state index in [9.17, 15) is 14.7 Å². The number of likely N-dealkylation sites (tertiary alicyclic amines) is 1. The summed E-state index contributed by atoms with van der Waals surface area (Å²) in [4.78, 5) is 30.9. The maximum Gasteiger partial charge on any atom is 0.255 e. The Kier molecular flexibility index (Phi) is 6.70. The number of hydrogen-bond acceptors (Lipinski definition) is 6. The summed E-state index contributed by atoms with van der Waals surface area (Å²) < 4.78 is 1.88. The number of amides is 2. The van der Waals surface area contributed by atoms with Crippen LogP contribution in [0.1, 0.15) is 34.8 Å². The first-order chi connectivity index (χ1) is 18.0. The zero-order valence-electron chi connectivity index (χ0n) is 20.3. The third-order valence-corrected chi connectivity index (χ3v) is 6.68. The van der Waals surface area contributed by atoms with Gasteiger partial charge in [-0.15, -0.1) is 0 Å². The number of pyridine rings is 1. The maximum atomic E-state index is 12.5. The molecule has 1 aliphatic heterocycles. The van der Waals surface area contributed by atoms with Crippen LogP contribution in [-0.4, -0.2) is 49.7 Å². The summed E-state index contributed by atoms with van der Waals surface area (Å²) in [6, 6.07) is 16.3. The summed E-state index contributed by atoms with van der Waals surface area (Å²) >= 11 is 0. The van der Waals surface area contributed by atoms with Crippen LogP contribution >= 0.6 is 0 Å². The lowest BCUT2D eigenvalue weighted by atomic mass is 10.0. The fourth-order valence-electron chi connectivity index (χ4n) is 4.83. The van der Waals surface area contributed by atoms with Crippen LogP contribution in [0.5, 0.6) is 0 Å². The summed E-state index contributed by atoms with van der Waals surface area (Å²) in [6.45, 7) is 4.54. The number of rotatable bonds is 6. The Morgan fingerprint density at radius 3 is 2.62 bits per heavy atom. The lowest BCUT2D eigenvalue weighted by Crippen LogP contribution is -2.40. The van der Waals surface area contributed by atoms with E-state index in [-0.39, 0.29) is 24.5 Å². The van der Waals surface area contributed by atoms with Gasteiger partial charge in [-0.25, -0.2) is 4.98 Å². The number of carbonyl (C=O) groups is 2. The molecule has 1 unspecified atom stereocenters. The van der Waals surface area contributed by atoms with E-state index < -0.39 is 0 Å². The van der Waals surface area contributed by atoms with Crippen LogP contribution in [0.2, 0.25) is 0 Å². The van der Waals surface area contributed by atoms with Gasteiger partial charge in [-0.1, -0.05) is 36.9 Å². The molecular weight excluding hydrogens is 468 g/mol. The predicted molar refractivity (Wildman–Crippen MR) is 143 cm³/mol. The van der Waals surface area contributed by atoms with Crippen molar-refractivity contribution in [3.8, 4) is 11.3 Å². The van der Waals surface area contributed by atoms with E-state index in [0.29, 0.717) is 52.3 Å². The number of nitrogens with one attached hydrogen (secondary N) is 1. The summed E-state index contributed by atoms with van der Waals surface area (Å²) in [5.74, 6) is 0.00265. The Hall–Kier alpha value is -4.50. The second kappa shape index (κ2) is 10.2. The number of benzene rings is 2. The molecule has 3 heterocycles. The molecule has 37 heavy (non-hydrogen) atoms. The van der Waals surface area contributed by atoms with Gasteiger partial charge in [0.25, 0.3) is 5.91 Å². The standard InChI is InChI=1S/C28H28N6O3/c1-2-23(36)33-14-6-9-22(16-33)34-26-20(17-35)15-30-27(29)24(26)25(32-34)18-10-12-21(13-11-18)31-28(37)19-7-4-3-5-8-19/h2-5,7-8,10-13,15,22,35H,1,6,9,14,16-17H2,(H2,29,30)(H,31,37). The van der Waals surface area contributed by atoms with Crippen LogP contribution in [0.3, 0.4) is 0 Å². The molecule has 2 amide bonds. The third kappa shape index (κ3) is 4.68. The quantitative estimate of drug-likeness (QED) is 0.349. The monoisotopic (exact) mass is 496 g/mol. The van der Waals surface area contributed by atoms with Gasteiger partial charge in [0.1, 0.15) is 11.5 Å². The summed E-state index contributed by atoms with van der Waals surface area (Å²) in [5.41, 5.74) is 10.3. The molecule has 1 atom stereocenters. The van der Waals surface area contributed by atoms with Crippen molar-refractivity contribution in [3.05, 3.63) is 84.6 Å². The van der Waals surface area contributed by atoms with E-state index in [0.717, 1.165) is 18.4 Å². The van der Waals surface area contributed by atoms with Gasteiger partial charge in [0.2, 0.25) is 5.91 Å². The van der Waals surface area contributed by atoms with Crippen LogP contribution in [0.15, 0.2) is 73.4 Å². The molecule has 188 valence electrons. The van der Waals surface area contributed by atoms with Gasteiger partial charge in [-0.2, -0.15) is 5.10 Å². The second-order valence-electron chi connectivity index (χ2n) is 9.03. The van der Waals surface area contributed by atoms with E-state index >= 15 is 0 Å². The first-order valence-corrected chi connectivity index (χ1v) is 12.1. The van der Waals surface area contributed by atoms with Crippen LogP contribution in [0, 0.1) is 0 Å². The molecule has 1 aliphatic rings. The van der Waals surface area contributed by atoms with Crippen LogP contribution in [0.4, 0.5) is 11.5 Å². The highest BCUT2D eigenvalue weighted by molar-refractivity contribution is 6.05. The average molecular weight is 497 g/mol. The molecule has 1 fully saturated rings. The maximum absolute atomic E-state index is 12.5. The number of nitrogen functional groups attached to an aromatic ring is 1. The van der Waals surface area contributed by atoms with E-state index in [4.69, 9.17) is 10.8 Å². The minimum absolute atomic E-state index is 0.0922. The van der Waals surface area contributed by atoms with Crippen molar-refractivity contribution in [2.75, 3.05) is 24.1 Å². The molecule has 0 radical (unpaired) electrons. The van der Waals surface area contributed by atoms with Gasteiger partial charge < -0.3 is 21.1 Å². The molecule has 2 aromatic carbocycles. The van der Waals surface area contributed by atoms with Gasteiger partial charge in [0.05, 0.1) is 23.6 Å². The third-order valence-electron chi connectivity index (χ3n) is 6.68. The number of nitrogens with two attached hydrogens (primary N) is 1. The fraction of sp³-hybridized carbons (Fsp3) is 0.214. The average Bonchev–Trinajstić information content (AvgIpc) is 3.35. The molecule has 9 heteroatoms. The van der Waals surface area contributed by atoms with Crippen molar-refractivity contribution in [2.24, 2.45) is 0 Å². The van der Waals surface area contributed by atoms with Crippen molar-refractivity contribution >= 4 is 34.2 Å². The zero-order chi connectivity index (χ0) is 25.9. The molecule has 0 aliphatic carbocycles. The largest absolute Gasteiger partial charge is 0.392 e. The van der Waals surface area contributed by atoms with E-state index in [1.807, 2.05) is 47.1 Å². The molecule has 2 aromatic heterocycles. The minimum Gasteiger partial charge on any atom is -0.392 e. The van der Waals surface area contributed by atoms with Crippen molar-refractivity contribution in [2.45, 2.75) is 25.5 Å². The highest BCUT2D eigenvalue weighted by Gasteiger charge is 2.28. The first kappa shape index (κ1) is 24.2. The van der Waals surface area contributed by atoms with Gasteiger partial charge in [0, 0.05) is 41.7 Å². The van der Waals surface area contributed by atoms with Gasteiger partial charge in [0.15, 0.2) is 0 Å². The Morgan fingerprint density at radius 1 is 1.16 bits per heavy atom. The van der Waals surface area contributed by atoms with Crippen molar-refractivity contribution in [1.29, 1.82) is 0 Å². The number of piperidine rings is 1. The van der Waals surface area contributed by atoms with Crippen molar-refractivity contribution in [3.63, 3.8) is 0 Å². The molecule has 1 saturated heterocycles. The topological polar surface area (TPSA) is 126 Å². The number of aliphatic hydroxyl groups is 1. The lowest BCUT2D eigenvalue weighted by molar-refractivity contribution is -0.127. The number of hydrogen-bond donors (Lipinski definition) is 3. The van der Waals surface area contributed by atoms with Crippen LogP contribution in [0.25, 0.3) is 22.2 Å². The molecule has 0 saturated carbocycles. The summed E-state index contributed by atoms with van der Waals surface area (Å²) in [6.07, 6.45) is 4.55. The molecule has 0 spiro atoms. The Labute approximate surface area is 214 Å². The number of aliphatic hydroxyl groups excluding tert-OH is 1. The zero-order valence-corrected chi connectivity index (χ0v) is 20.3. The minimum atomic E-state index is -0.221. The highest BCUT2D eigenvalue weighted by Crippen LogP contribution is 2.37. The second-order valence-corrected chi connectivity index (χ2v) is 9.03. The molecular formula is C28H28N6O3. The van der Waals surface area contributed by atoms with E-state index in [2.05, 4.69) is 16.9 Å². The van der Waals surface area contributed by atoms with Gasteiger partial charge >= 0.3 is 0 Å². The predicted octanol–water partition coefficient (Wildman–Crippen LogP) is 3.77. The molecule has 9 nitrogen and oxygen atoms in total. The van der Waals surface area contributed by atoms with Gasteiger partial charge in [-0.3, -0.25) is 14.3 Å².